The van der Waals surface area contributed by atoms with Crippen LogP contribution in [0.1, 0.15) is 37.1 Å². The van der Waals surface area contributed by atoms with E-state index < -0.39 is 0 Å². The average Bonchev–Trinajstić information content (AvgIpc) is 3.10. The van der Waals surface area contributed by atoms with Crippen LogP contribution in [0.3, 0.4) is 0 Å². The van der Waals surface area contributed by atoms with Crippen molar-refractivity contribution >= 4 is 22.6 Å². The van der Waals surface area contributed by atoms with E-state index in [2.05, 4.69) is 33.1 Å². The number of amides is 1. The Hall–Kier alpha value is -2.71. The van der Waals surface area contributed by atoms with E-state index in [1.807, 2.05) is 27.0 Å². The largest absolute Gasteiger partial charge is 0.379 e. The van der Waals surface area contributed by atoms with Gasteiger partial charge in [-0.2, -0.15) is 5.10 Å². The zero-order valence-electron chi connectivity index (χ0n) is 19.9. The zero-order valence-corrected chi connectivity index (χ0v) is 19.9. The number of hydrogen-bond acceptors (Lipinski definition) is 5. The summed E-state index contributed by atoms with van der Waals surface area (Å²) in [4.78, 5) is 25.6. The lowest BCUT2D eigenvalue weighted by Crippen LogP contribution is -2.50. The molecule has 8 heteroatoms. The van der Waals surface area contributed by atoms with Crippen LogP contribution >= 0.6 is 0 Å². The molecule has 8 nitrogen and oxygen atoms in total. The Morgan fingerprint density at radius 3 is 2.91 bits per heavy atom. The molecule has 33 heavy (non-hydrogen) atoms. The minimum Gasteiger partial charge on any atom is -0.379 e. The summed E-state index contributed by atoms with van der Waals surface area (Å²) in [6, 6.07) is 3.92. The highest BCUT2D eigenvalue weighted by Crippen LogP contribution is 2.59. The van der Waals surface area contributed by atoms with Crippen LogP contribution in [0.4, 0.5) is 5.69 Å². The highest BCUT2D eigenvalue weighted by Gasteiger charge is 2.53. The van der Waals surface area contributed by atoms with E-state index in [0.29, 0.717) is 18.6 Å². The van der Waals surface area contributed by atoms with Gasteiger partial charge in [0.2, 0.25) is 5.91 Å². The fraction of sp³-hybridized carbons (Fsp3) is 0.560. The highest BCUT2D eigenvalue weighted by molar-refractivity contribution is 5.99. The molecule has 2 N–H and O–H groups in total. The Labute approximate surface area is 193 Å². The minimum atomic E-state index is -0.188. The van der Waals surface area contributed by atoms with Crippen molar-refractivity contribution in [3.8, 4) is 11.5 Å². The van der Waals surface area contributed by atoms with Gasteiger partial charge >= 0.3 is 0 Å². The fourth-order valence-electron chi connectivity index (χ4n) is 5.80. The molecule has 1 aliphatic heterocycles. The second kappa shape index (κ2) is 7.40. The summed E-state index contributed by atoms with van der Waals surface area (Å²) >= 11 is 0. The second-order valence-electron chi connectivity index (χ2n) is 10.4. The maximum absolute atomic E-state index is 13.2. The van der Waals surface area contributed by atoms with Gasteiger partial charge in [-0.05, 0) is 62.1 Å². The van der Waals surface area contributed by atoms with E-state index in [0.717, 1.165) is 65.7 Å². The molecule has 2 aliphatic carbocycles. The van der Waals surface area contributed by atoms with Crippen LogP contribution in [0.2, 0.25) is 0 Å². The third-order valence-electron chi connectivity index (χ3n) is 8.19. The van der Waals surface area contributed by atoms with Crippen molar-refractivity contribution in [2.75, 3.05) is 38.3 Å². The second-order valence-corrected chi connectivity index (χ2v) is 10.4. The molecule has 1 saturated heterocycles. The maximum atomic E-state index is 13.2. The van der Waals surface area contributed by atoms with Gasteiger partial charge in [-0.15, -0.1) is 0 Å². The molecule has 3 aromatic rings. The van der Waals surface area contributed by atoms with E-state index in [1.165, 1.54) is 17.7 Å². The number of aryl methyl sites for hydroxylation is 1. The van der Waals surface area contributed by atoms with Gasteiger partial charge < -0.3 is 14.6 Å². The number of H-pyrrole nitrogens is 2. The van der Waals surface area contributed by atoms with Crippen molar-refractivity contribution in [1.82, 2.24) is 25.1 Å². The highest BCUT2D eigenvalue weighted by atomic mass is 16.5. The lowest BCUT2D eigenvalue weighted by atomic mass is 9.88. The molecule has 2 aromatic heterocycles. The number of ether oxygens (including phenoxy) is 1. The Morgan fingerprint density at radius 1 is 1.33 bits per heavy atom. The number of hydrogen-bond donors (Lipinski definition) is 2. The Balaban J connectivity index is 1.29. The number of morpholine rings is 1. The molecule has 3 atom stereocenters. The number of anilines is 1. The molecule has 1 amide bonds. The predicted molar refractivity (Wildman–Crippen MR) is 127 cm³/mol. The predicted octanol–water partition coefficient (Wildman–Crippen LogP) is 3.07. The van der Waals surface area contributed by atoms with Crippen molar-refractivity contribution in [2.24, 2.45) is 11.3 Å². The minimum absolute atomic E-state index is 0.0870. The number of aromatic amines is 2. The number of nitrogens with zero attached hydrogens (tertiary/aromatic N) is 4. The summed E-state index contributed by atoms with van der Waals surface area (Å²) in [7, 11) is 1.86. The summed E-state index contributed by atoms with van der Waals surface area (Å²) < 4.78 is 5.44. The number of benzene rings is 1. The standard InChI is InChI=1S/C25H32N6O2/c1-14-9-18-19(11-21(14)30(4)24(32)15(2)31-5-7-33-8-6-31)27-23(26-18)22-17-10-16-12-25(16,3)13-20(17)28-29-22/h9,11,15-16H,5-8,10,12-13H2,1-4H3,(H,26,27)(H,28,29)/t15-,16-,25-/m1/s1. The van der Waals surface area contributed by atoms with Crippen LogP contribution in [0, 0.1) is 18.3 Å². The van der Waals surface area contributed by atoms with Crippen molar-refractivity contribution in [3.05, 3.63) is 29.0 Å². The van der Waals surface area contributed by atoms with Gasteiger partial charge in [-0.3, -0.25) is 14.8 Å². The summed E-state index contributed by atoms with van der Waals surface area (Å²) in [5.41, 5.74) is 7.75. The number of carbonyl (C=O) groups excluding carboxylic acids is 1. The van der Waals surface area contributed by atoms with Crippen LogP contribution < -0.4 is 4.90 Å². The third-order valence-corrected chi connectivity index (χ3v) is 8.19. The van der Waals surface area contributed by atoms with Crippen LogP contribution in [-0.4, -0.2) is 70.4 Å². The Kier molecular flexibility index (Phi) is 4.68. The molecule has 3 heterocycles. The van der Waals surface area contributed by atoms with Crippen LogP contribution in [0.5, 0.6) is 0 Å². The van der Waals surface area contributed by atoms with Gasteiger partial charge in [0.05, 0.1) is 30.3 Å². The summed E-state index contributed by atoms with van der Waals surface area (Å²) in [5, 5.41) is 7.91. The maximum Gasteiger partial charge on any atom is 0.243 e. The summed E-state index contributed by atoms with van der Waals surface area (Å²) in [6.07, 6.45) is 3.47. The fourth-order valence-corrected chi connectivity index (χ4v) is 5.80. The lowest BCUT2D eigenvalue weighted by molar-refractivity contribution is -0.124. The monoisotopic (exact) mass is 448 g/mol. The summed E-state index contributed by atoms with van der Waals surface area (Å²) in [5.74, 6) is 1.66. The average molecular weight is 449 g/mol. The molecular weight excluding hydrogens is 416 g/mol. The number of rotatable bonds is 4. The first-order valence-corrected chi connectivity index (χ1v) is 12.0. The zero-order chi connectivity index (χ0) is 22.9. The van der Waals surface area contributed by atoms with Gasteiger partial charge in [-0.1, -0.05) is 6.92 Å². The molecule has 1 saturated carbocycles. The van der Waals surface area contributed by atoms with E-state index in [-0.39, 0.29) is 11.9 Å². The van der Waals surface area contributed by atoms with Gasteiger partial charge in [0, 0.05) is 37.1 Å². The van der Waals surface area contributed by atoms with Gasteiger partial charge in [0.25, 0.3) is 0 Å². The lowest BCUT2D eigenvalue weighted by Gasteiger charge is -2.33. The molecule has 3 aliphatic rings. The molecule has 0 unspecified atom stereocenters. The third kappa shape index (κ3) is 3.38. The molecule has 0 radical (unpaired) electrons. The van der Waals surface area contributed by atoms with Crippen molar-refractivity contribution in [3.63, 3.8) is 0 Å². The number of aromatic nitrogens is 4. The normalized spacial score (nSPS) is 25.5. The van der Waals surface area contributed by atoms with Gasteiger partial charge in [0.15, 0.2) is 5.82 Å². The van der Waals surface area contributed by atoms with Crippen LogP contribution in [-0.2, 0) is 22.4 Å². The number of fused-ring (bicyclic) bond motifs is 3. The SMILES string of the molecule is Cc1cc2[nH]c(-c3n[nH]c4c3C[C@@H]3C[C@]3(C)C4)nc2cc1N(C)C(=O)[C@@H](C)N1CCOCC1. The number of carbonyl (C=O) groups is 1. The van der Waals surface area contributed by atoms with Crippen molar-refractivity contribution in [1.29, 1.82) is 0 Å². The quantitative estimate of drug-likeness (QED) is 0.640. The molecular formula is C25H32N6O2. The van der Waals surface area contributed by atoms with Gasteiger partial charge in [-0.25, -0.2) is 4.98 Å². The molecule has 2 fully saturated rings. The number of likely N-dealkylation sites (N-methyl/N-ethyl adjacent to an activating group) is 1. The van der Waals surface area contributed by atoms with E-state index in [9.17, 15) is 4.79 Å². The van der Waals surface area contributed by atoms with Crippen molar-refractivity contribution < 1.29 is 9.53 Å². The summed E-state index contributed by atoms with van der Waals surface area (Å²) in [6.45, 7) is 9.34. The van der Waals surface area contributed by atoms with E-state index >= 15 is 0 Å². The molecule has 6 rings (SSSR count). The van der Waals surface area contributed by atoms with Crippen LogP contribution in [0.25, 0.3) is 22.6 Å². The molecule has 0 bridgehead atoms. The first kappa shape index (κ1) is 20.9. The number of nitrogens with one attached hydrogen (secondary N) is 2. The molecule has 1 aromatic carbocycles. The Morgan fingerprint density at radius 2 is 2.12 bits per heavy atom. The van der Waals surface area contributed by atoms with E-state index in [4.69, 9.17) is 9.72 Å². The Bertz CT molecular complexity index is 1240. The van der Waals surface area contributed by atoms with Crippen LogP contribution in [0.15, 0.2) is 12.1 Å². The first-order chi connectivity index (χ1) is 15.8. The van der Waals surface area contributed by atoms with E-state index in [1.54, 1.807) is 4.90 Å². The molecule has 174 valence electrons. The topological polar surface area (TPSA) is 90.1 Å². The number of imidazole rings is 1. The first-order valence-electron chi connectivity index (χ1n) is 12.0. The van der Waals surface area contributed by atoms with Gasteiger partial charge in [0.1, 0.15) is 5.69 Å². The molecule has 0 spiro atoms. The smallest absolute Gasteiger partial charge is 0.243 e. The van der Waals surface area contributed by atoms with Crippen molar-refractivity contribution in [2.45, 2.75) is 46.1 Å².